The van der Waals surface area contributed by atoms with Gasteiger partial charge >= 0.3 is 5.97 Å². The summed E-state index contributed by atoms with van der Waals surface area (Å²) in [7, 11) is 1.27. The summed E-state index contributed by atoms with van der Waals surface area (Å²) in [6.45, 7) is 2.37. The van der Waals surface area contributed by atoms with Gasteiger partial charge in [-0.3, -0.25) is 9.89 Å². The lowest BCUT2D eigenvalue weighted by atomic mass is 9.68. The minimum absolute atomic E-state index is 0.0238. The summed E-state index contributed by atoms with van der Waals surface area (Å²) in [6, 6.07) is 17.2. The fraction of sp³-hybridized carbons (Fsp3) is 0.240. The van der Waals surface area contributed by atoms with Crippen molar-refractivity contribution >= 4 is 17.6 Å². The van der Waals surface area contributed by atoms with Crippen molar-refractivity contribution in [3.63, 3.8) is 0 Å². The van der Waals surface area contributed by atoms with E-state index in [2.05, 4.69) is 10.2 Å². The summed E-state index contributed by atoms with van der Waals surface area (Å²) >= 11 is 0. The quantitative estimate of drug-likeness (QED) is 0.586. The van der Waals surface area contributed by atoms with E-state index in [4.69, 9.17) is 15.2 Å². The van der Waals surface area contributed by atoms with Crippen molar-refractivity contribution in [3.05, 3.63) is 88.4 Å². The number of nitrogens with zero attached hydrogens (tertiary/aromatic N) is 2. The fourth-order valence-electron chi connectivity index (χ4n) is 4.93. The normalized spacial score (nSPS) is 18.8. The molecular formula is C25H24N4O4. The Morgan fingerprint density at radius 3 is 2.64 bits per heavy atom. The average Bonchev–Trinajstić information content (AvgIpc) is 3.33. The minimum Gasteiger partial charge on any atom is -0.465 e. The van der Waals surface area contributed by atoms with Gasteiger partial charge in [0.1, 0.15) is 11.0 Å². The Kier molecular flexibility index (Phi) is 4.92. The number of aryl methyl sites for hydroxylation is 1. The number of amides is 1. The number of carbonyl (C=O) groups excluding carboxylic acids is 2. The van der Waals surface area contributed by atoms with Crippen molar-refractivity contribution in [2.45, 2.75) is 31.7 Å². The van der Waals surface area contributed by atoms with Crippen LogP contribution in [0.5, 0.6) is 5.88 Å². The first-order valence-electron chi connectivity index (χ1n) is 10.8. The van der Waals surface area contributed by atoms with Crippen molar-refractivity contribution in [2.75, 3.05) is 12.0 Å². The number of benzene rings is 2. The maximum atomic E-state index is 14.5. The van der Waals surface area contributed by atoms with Gasteiger partial charge in [0.15, 0.2) is 0 Å². The highest BCUT2D eigenvalue weighted by Gasteiger charge is 2.62. The van der Waals surface area contributed by atoms with E-state index in [-0.39, 0.29) is 23.2 Å². The Labute approximate surface area is 191 Å². The number of carbonyl (C=O) groups is 2. The summed E-state index contributed by atoms with van der Waals surface area (Å²) in [6.07, 6.45) is 1.43. The van der Waals surface area contributed by atoms with Crippen LogP contribution < -0.4 is 15.4 Å². The highest BCUT2D eigenvalue weighted by Crippen LogP contribution is 2.56. The van der Waals surface area contributed by atoms with Crippen LogP contribution in [-0.2, 0) is 32.7 Å². The highest BCUT2D eigenvalue weighted by atomic mass is 16.5. The number of rotatable bonds is 5. The van der Waals surface area contributed by atoms with Gasteiger partial charge in [0, 0.05) is 16.9 Å². The Morgan fingerprint density at radius 1 is 1.18 bits per heavy atom. The number of anilines is 1. The maximum Gasteiger partial charge on any atom is 0.340 e. The van der Waals surface area contributed by atoms with Crippen LogP contribution >= 0.6 is 0 Å². The number of fused-ring (bicyclic) bond motifs is 4. The molecule has 0 aliphatic carbocycles. The number of hydrogen-bond donors (Lipinski definition) is 2. The van der Waals surface area contributed by atoms with Crippen LogP contribution in [0.25, 0.3) is 0 Å². The number of H-pyrrole nitrogens is 1. The second-order valence-electron chi connectivity index (χ2n) is 8.11. The molecule has 8 nitrogen and oxygen atoms in total. The summed E-state index contributed by atoms with van der Waals surface area (Å²) in [5.41, 5.74) is 8.28. The number of esters is 1. The predicted molar refractivity (Wildman–Crippen MR) is 121 cm³/mol. The summed E-state index contributed by atoms with van der Waals surface area (Å²) in [5, 5.41) is 7.30. The van der Waals surface area contributed by atoms with Gasteiger partial charge in [-0.15, -0.1) is 5.10 Å². The summed E-state index contributed by atoms with van der Waals surface area (Å²) < 4.78 is 10.8. The number of nitrogens with one attached hydrogen (secondary N) is 1. The van der Waals surface area contributed by atoms with Crippen molar-refractivity contribution in [2.24, 2.45) is 5.73 Å². The fourth-order valence-corrected chi connectivity index (χ4v) is 4.93. The molecule has 0 saturated heterocycles. The number of ether oxygens (including phenoxy) is 2. The SMILES string of the molecule is CCCc1[nH]nc2c1[C@@]1(C(=O)N(Cc3ccccc3)c3ccccc31)C(C(=O)OC)=C(N)O2. The standard InChI is InChI=1S/C25H24N4O4/c1-3-9-17-19-22(28-27-17)33-21(26)20(23(30)32-2)25(19)16-12-7-8-13-18(16)29(24(25)31)14-15-10-5-4-6-11-15/h4-8,10-13H,3,9,14,26H2,1-2H3,(H,27,28)/t25-/m1/s1. The minimum atomic E-state index is -1.52. The molecule has 0 bridgehead atoms. The first-order chi connectivity index (χ1) is 16.0. The molecule has 1 spiro atoms. The molecule has 0 radical (unpaired) electrons. The van der Waals surface area contributed by atoms with Gasteiger partial charge in [-0.25, -0.2) is 4.79 Å². The van der Waals surface area contributed by atoms with Crippen molar-refractivity contribution < 1.29 is 19.1 Å². The van der Waals surface area contributed by atoms with Gasteiger partial charge in [-0.2, -0.15) is 0 Å². The lowest BCUT2D eigenvalue weighted by Gasteiger charge is -2.34. The summed E-state index contributed by atoms with van der Waals surface area (Å²) in [5.74, 6) is -0.993. The van der Waals surface area contributed by atoms with E-state index in [1.54, 1.807) is 4.90 Å². The molecule has 1 atom stereocenters. The van der Waals surface area contributed by atoms with E-state index < -0.39 is 11.4 Å². The third-order valence-electron chi connectivity index (χ3n) is 6.25. The number of aromatic amines is 1. The monoisotopic (exact) mass is 444 g/mol. The van der Waals surface area contributed by atoms with Crippen LogP contribution in [0.1, 0.15) is 35.7 Å². The van der Waals surface area contributed by atoms with Crippen LogP contribution in [0.4, 0.5) is 5.69 Å². The lowest BCUT2D eigenvalue weighted by Crippen LogP contribution is -2.48. The van der Waals surface area contributed by atoms with Gasteiger partial charge in [0.2, 0.25) is 17.7 Å². The third-order valence-corrected chi connectivity index (χ3v) is 6.25. The number of nitrogens with two attached hydrogens (primary N) is 1. The Bertz CT molecular complexity index is 1280. The van der Waals surface area contributed by atoms with Crippen LogP contribution in [0, 0.1) is 0 Å². The zero-order valence-electron chi connectivity index (χ0n) is 18.4. The van der Waals surface area contributed by atoms with Crippen LogP contribution in [0.2, 0.25) is 0 Å². The lowest BCUT2D eigenvalue weighted by molar-refractivity contribution is -0.138. The van der Waals surface area contributed by atoms with Gasteiger partial charge in [0.25, 0.3) is 0 Å². The molecule has 168 valence electrons. The summed E-state index contributed by atoms with van der Waals surface area (Å²) in [4.78, 5) is 29.3. The molecule has 2 aliphatic heterocycles. The topological polar surface area (TPSA) is 111 Å². The van der Waals surface area contributed by atoms with E-state index in [0.717, 1.165) is 17.7 Å². The molecule has 5 rings (SSSR count). The molecule has 33 heavy (non-hydrogen) atoms. The Hall–Kier alpha value is -4.07. The molecule has 1 aromatic heterocycles. The molecule has 3 N–H and O–H groups in total. The molecule has 0 fully saturated rings. The second kappa shape index (κ2) is 7.81. The Morgan fingerprint density at radius 2 is 1.91 bits per heavy atom. The maximum absolute atomic E-state index is 14.5. The largest absolute Gasteiger partial charge is 0.465 e. The molecule has 8 heteroatoms. The molecule has 3 heterocycles. The van der Waals surface area contributed by atoms with Gasteiger partial charge in [-0.05, 0) is 18.1 Å². The molecule has 2 aromatic carbocycles. The van der Waals surface area contributed by atoms with E-state index in [0.29, 0.717) is 29.8 Å². The van der Waals surface area contributed by atoms with Crippen molar-refractivity contribution in [1.29, 1.82) is 0 Å². The zero-order chi connectivity index (χ0) is 23.2. The molecule has 1 amide bonds. The molecule has 3 aromatic rings. The first-order valence-corrected chi connectivity index (χ1v) is 10.8. The van der Waals surface area contributed by atoms with Crippen LogP contribution in [0.15, 0.2) is 66.1 Å². The molecule has 0 unspecified atom stereocenters. The van der Waals surface area contributed by atoms with Crippen molar-refractivity contribution in [3.8, 4) is 5.88 Å². The predicted octanol–water partition coefficient (Wildman–Crippen LogP) is 2.93. The highest BCUT2D eigenvalue weighted by molar-refractivity contribution is 6.18. The van der Waals surface area contributed by atoms with Gasteiger partial charge in [-0.1, -0.05) is 61.9 Å². The zero-order valence-corrected chi connectivity index (χ0v) is 18.4. The first kappa shape index (κ1) is 20.8. The number of para-hydroxylation sites is 1. The van der Waals surface area contributed by atoms with E-state index in [9.17, 15) is 9.59 Å². The molecule has 2 aliphatic rings. The third kappa shape index (κ3) is 2.87. The Balaban J connectivity index is 1.81. The number of hydrogen-bond acceptors (Lipinski definition) is 6. The number of methoxy groups -OCH3 is 1. The van der Waals surface area contributed by atoms with Gasteiger partial charge in [0.05, 0.1) is 19.2 Å². The van der Waals surface area contributed by atoms with Crippen molar-refractivity contribution in [1.82, 2.24) is 10.2 Å². The second-order valence-corrected chi connectivity index (χ2v) is 8.11. The van der Waals surface area contributed by atoms with Crippen LogP contribution in [0.3, 0.4) is 0 Å². The van der Waals surface area contributed by atoms with E-state index in [1.165, 1.54) is 7.11 Å². The van der Waals surface area contributed by atoms with E-state index in [1.807, 2.05) is 61.5 Å². The smallest absolute Gasteiger partial charge is 0.340 e. The van der Waals surface area contributed by atoms with Gasteiger partial charge < -0.3 is 20.1 Å². The molecular weight excluding hydrogens is 420 g/mol. The van der Waals surface area contributed by atoms with E-state index >= 15 is 0 Å². The number of aromatic nitrogens is 2. The molecule has 0 saturated carbocycles. The average molecular weight is 444 g/mol. The van der Waals surface area contributed by atoms with Crippen LogP contribution in [-0.4, -0.2) is 29.2 Å².